The summed E-state index contributed by atoms with van der Waals surface area (Å²) in [5.74, 6) is 0.826. The summed E-state index contributed by atoms with van der Waals surface area (Å²) in [5, 5.41) is 4.67. The predicted molar refractivity (Wildman–Crippen MR) is 392 cm³/mol. The normalized spacial score (nSPS) is 12.4. The first-order valence-electron chi connectivity index (χ1n) is 32.3. The fraction of sp³-hybridized carbons (Fsp3) is 0.0455. The smallest absolute Gasteiger partial charge is 0.135 e. The molecule has 18 rings (SSSR count). The van der Waals surface area contributed by atoms with Crippen LogP contribution in [0.1, 0.15) is 26.3 Å². The van der Waals surface area contributed by atoms with Gasteiger partial charge in [-0.05, 0) is 92.2 Å². The zero-order chi connectivity index (χ0) is 62.6. The van der Waals surface area contributed by atoms with Gasteiger partial charge in [0.2, 0.25) is 0 Å². The van der Waals surface area contributed by atoms with Crippen LogP contribution in [0.4, 0.5) is 39.8 Å². The number of nitrogens with zero attached hydrogens (tertiary/aromatic N) is 6. The molecule has 0 fully saturated rings. The summed E-state index contributed by atoms with van der Waals surface area (Å²) in [4.78, 5) is 12.4. The van der Waals surface area contributed by atoms with Crippen LogP contribution in [0, 0.1) is 18.8 Å². The standard InChI is InChI=1S/C88H61N6.Pt/c1-88(2,3)62-52-53-89-82(54-62)93-79-50-51-80-83(72-38-17-16-36-70(72)73-43-25-44-74-71-37-18-19-45-76(71)94(80)87(73)74)84(79)75-49-48-65(56-81(75)93)92(86-68(60-30-12-6-13-31-60)41-24-42-69(86)61-32-14-7-15-33-61)64-35-22-34-63(55-64)90-57-91(78-47-21-20-46-77(78)90)85-66(58-26-8-4-9-27-58)39-23-40-67(85)59-28-10-5-11-29-59;/h4-54,57H,1-3H3;/q-3;. The van der Waals surface area contributed by atoms with Crippen LogP contribution in [0.5, 0.6) is 0 Å². The second-order valence-corrected chi connectivity index (χ2v) is 25.5. The van der Waals surface area contributed by atoms with Gasteiger partial charge in [0.05, 0.1) is 22.4 Å². The third kappa shape index (κ3) is 9.37. The maximum absolute atomic E-state index is 5.32. The molecular weight excluding hydrogens is 1340 g/mol. The van der Waals surface area contributed by atoms with E-state index in [-0.39, 0.29) is 26.5 Å². The SMILES string of the molecule is CC(C)(C)c1ccnc(-n2c3[c-]c(N(c4[c-]c(N5[CH-]N(c6c(-c7ccccc7)cccc6-c6ccccc6)c6ccccc65)ccc4)c4c(-c5ccccc5)cccc4-c4ccccc4)ccc3c3c4c(ccc32)-n2c3ccccc3c3cccc(c32)-c2ccccc2-4)c1.[Pt]. The first-order valence-corrected chi connectivity index (χ1v) is 32.3. The van der Waals surface area contributed by atoms with Crippen molar-refractivity contribution in [3.05, 3.63) is 334 Å². The Morgan fingerprint density at radius 3 is 1.58 bits per heavy atom. The van der Waals surface area contributed by atoms with Gasteiger partial charge in [0.15, 0.2) is 0 Å². The predicted octanol–water partition coefficient (Wildman–Crippen LogP) is 23.4. The Labute approximate surface area is 567 Å². The van der Waals surface area contributed by atoms with Crippen molar-refractivity contribution in [3.8, 4) is 78.3 Å². The van der Waals surface area contributed by atoms with E-state index in [4.69, 9.17) is 4.98 Å². The molecule has 5 heterocycles. The maximum Gasteiger partial charge on any atom is 0.135 e. The molecule has 0 atom stereocenters. The molecule has 2 aliphatic rings. The van der Waals surface area contributed by atoms with Crippen LogP contribution >= 0.6 is 0 Å². The monoisotopic (exact) mass is 1400 g/mol. The molecule has 0 bridgehead atoms. The molecule has 0 N–H and O–H groups in total. The van der Waals surface area contributed by atoms with Crippen LogP contribution in [0.3, 0.4) is 0 Å². The average Bonchev–Trinajstić information content (AvgIpc) is 1.55. The molecule has 0 spiro atoms. The molecule has 13 aromatic carbocycles. The number of aromatic nitrogens is 3. The Kier molecular flexibility index (Phi) is 14.0. The fourth-order valence-corrected chi connectivity index (χ4v) is 14.8. The van der Waals surface area contributed by atoms with Crippen molar-refractivity contribution < 1.29 is 21.1 Å². The minimum atomic E-state index is -0.152. The molecule has 0 saturated carbocycles. The van der Waals surface area contributed by atoms with E-state index in [0.29, 0.717) is 0 Å². The van der Waals surface area contributed by atoms with E-state index in [1.165, 1.54) is 49.6 Å². The van der Waals surface area contributed by atoms with Gasteiger partial charge in [0, 0.05) is 94.0 Å². The number of pyridine rings is 1. The van der Waals surface area contributed by atoms with Crippen molar-refractivity contribution in [1.29, 1.82) is 0 Å². The molecule has 456 valence electrons. The van der Waals surface area contributed by atoms with Crippen LogP contribution in [0.2, 0.25) is 0 Å². The summed E-state index contributed by atoms with van der Waals surface area (Å²) in [7, 11) is 0. The van der Waals surface area contributed by atoms with Gasteiger partial charge in [0.25, 0.3) is 0 Å². The molecule has 0 saturated heterocycles. The number of benzene rings is 13. The van der Waals surface area contributed by atoms with Crippen LogP contribution in [-0.4, -0.2) is 14.1 Å². The summed E-state index contributed by atoms with van der Waals surface area (Å²) in [6.07, 6.45) is 1.97. The molecule has 0 radical (unpaired) electrons. The second kappa shape index (κ2) is 23.1. The molecule has 2 aliphatic heterocycles. The molecule has 0 aliphatic carbocycles. The van der Waals surface area contributed by atoms with Gasteiger partial charge < -0.3 is 23.8 Å². The molecule has 7 heteroatoms. The van der Waals surface area contributed by atoms with Crippen molar-refractivity contribution in [1.82, 2.24) is 14.1 Å². The Bertz CT molecular complexity index is 5540. The number of anilines is 7. The molecule has 6 nitrogen and oxygen atoms in total. The van der Waals surface area contributed by atoms with Crippen LogP contribution in [-0.2, 0) is 26.5 Å². The first-order chi connectivity index (χ1) is 46.3. The van der Waals surface area contributed by atoms with Crippen molar-refractivity contribution in [2.24, 2.45) is 0 Å². The molecule has 0 amide bonds. The second-order valence-electron chi connectivity index (χ2n) is 25.5. The molecule has 0 unspecified atom stereocenters. The summed E-state index contributed by atoms with van der Waals surface area (Å²) < 4.78 is 4.89. The van der Waals surface area contributed by atoms with Crippen LogP contribution in [0.25, 0.3) is 122 Å². The minimum Gasteiger partial charge on any atom is -0.493 e. The zero-order valence-corrected chi connectivity index (χ0v) is 54.8. The Morgan fingerprint density at radius 1 is 0.389 bits per heavy atom. The minimum absolute atomic E-state index is 0. The first kappa shape index (κ1) is 57.6. The van der Waals surface area contributed by atoms with Gasteiger partial charge in [-0.3, -0.25) is 0 Å². The topological polar surface area (TPSA) is 32.5 Å². The number of para-hydroxylation sites is 6. The van der Waals surface area contributed by atoms with Crippen molar-refractivity contribution >= 4 is 83.4 Å². The summed E-state index contributed by atoms with van der Waals surface area (Å²) >= 11 is 0. The molecule has 95 heavy (non-hydrogen) atoms. The summed E-state index contributed by atoms with van der Waals surface area (Å²) in [6, 6.07) is 119. The number of fused-ring (bicyclic) bond motifs is 13. The molecular formula is C88H61N6Pt-3. The third-order valence-electron chi connectivity index (χ3n) is 19.1. The van der Waals surface area contributed by atoms with Crippen molar-refractivity contribution in [3.63, 3.8) is 0 Å². The number of hydrogen-bond donors (Lipinski definition) is 0. The van der Waals surface area contributed by atoms with Crippen LogP contribution < -0.4 is 14.7 Å². The fourth-order valence-electron chi connectivity index (χ4n) is 14.8. The van der Waals surface area contributed by atoms with Crippen molar-refractivity contribution in [2.45, 2.75) is 26.2 Å². The van der Waals surface area contributed by atoms with Gasteiger partial charge in [-0.15, -0.1) is 48.1 Å². The Morgan fingerprint density at radius 2 is 0.916 bits per heavy atom. The Hall–Kier alpha value is -11.3. The Balaban J connectivity index is 0.00000684. The van der Waals surface area contributed by atoms with Gasteiger partial charge in [-0.2, -0.15) is 12.1 Å². The van der Waals surface area contributed by atoms with E-state index in [9.17, 15) is 0 Å². The van der Waals surface area contributed by atoms with E-state index in [1.807, 2.05) is 6.20 Å². The van der Waals surface area contributed by atoms with E-state index in [2.05, 4.69) is 367 Å². The zero-order valence-electron chi connectivity index (χ0n) is 52.5. The van der Waals surface area contributed by atoms with E-state index in [1.54, 1.807) is 0 Å². The van der Waals surface area contributed by atoms with Gasteiger partial charge in [-0.1, -0.05) is 268 Å². The van der Waals surface area contributed by atoms with E-state index in [0.717, 1.165) is 118 Å². The van der Waals surface area contributed by atoms with E-state index >= 15 is 0 Å². The largest absolute Gasteiger partial charge is 0.493 e. The maximum atomic E-state index is 5.32. The molecule has 3 aromatic heterocycles. The number of hydrogen-bond acceptors (Lipinski definition) is 4. The summed E-state index contributed by atoms with van der Waals surface area (Å²) in [5.41, 5.74) is 26.9. The molecule has 16 aromatic rings. The van der Waals surface area contributed by atoms with Crippen LogP contribution in [0.15, 0.2) is 310 Å². The van der Waals surface area contributed by atoms with Gasteiger partial charge in [0.1, 0.15) is 5.82 Å². The summed E-state index contributed by atoms with van der Waals surface area (Å²) in [6.45, 7) is 9.08. The quantitative estimate of drug-likeness (QED) is 0.128. The third-order valence-corrected chi connectivity index (χ3v) is 19.1. The number of rotatable bonds is 10. The van der Waals surface area contributed by atoms with Gasteiger partial charge in [-0.25, -0.2) is 4.98 Å². The van der Waals surface area contributed by atoms with E-state index < -0.39 is 0 Å². The van der Waals surface area contributed by atoms with Crippen molar-refractivity contribution in [2.75, 3.05) is 14.7 Å². The van der Waals surface area contributed by atoms with Gasteiger partial charge >= 0.3 is 0 Å². The average molecular weight is 1400 g/mol.